The fourth-order valence-corrected chi connectivity index (χ4v) is 4.38. The largest absolute Gasteiger partial charge is 0.460 e. The Labute approximate surface area is 220 Å². The summed E-state index contributed by atoms with van der Waals surface area (Å²) in [5.41, 5.74) is 6.27. The van der Waals surface area contributed by atoms with Crippen molar-refractivity contribution in [2.75, 3.05) is 0 Å². The quantitative estimate of drug-likeness (QED) is 0.273. The Morgan fingerprint density at radius 2 is 1.71 bits per heavy atom. The molecule has 3 atom stereocenters. The first kappa shape index (κ1) is 28.3. The molecule has 11 nitrogen and oxygen atoms in total. The number of hydrogen-bond acceptors (Lipinski definition) is 7. The summed E-state index contributed by atoms with van der Waals surface area (Å²) in [6.45, 7) is 5.06. The second kappa shape index (κ2) is 11.8. The van der Waals surface area contributed by atoms with Crippen molar-refractivity contribution in [2.45, 2.75) is 70.2 Å². The smallest absolute Gasteiger partial charge is 0.308 e. The van der Waals surface area contributed by atoms with Crippen LogP contribution in [-0.2, 0) is 36.8 Å². The summed E-state index contributed by atoms with van der Waals surface area (Å²) in [6, 6.07) is 11.4. The van der Waals surface area contributed by atoms with E-state index in [0.29, 0.717) is 12.0 Å². The number of nitrogens with one attached hydrogen (secondary N) is 1. The number of carbonyl (C=O) groups excluding carboxylic acids is 4. The third kappa shape index (κ3) is 7.37. The lowest BCUT2D eigenvalue weighted by Crippen LogP contribution is -2.68. The maximum atomic E-state index is 13.7. The SMILES string of the molecule is CC(C)(C)OC(=O)C[C@@H]1NC(=O)[C@H](CCc2ccccc2)N([C@@H](Cc2ccc([N+](=O)[O-])cc2)C(N)=O)C1=O. The number of non-ortho nitro benzene ring substituents is 1. The molecule has 1 saturated heterocycles. The van der Waals surface area contributed by atoms with E-state index in [9.17, 15) is 29.3 Å². The standard InChI is InChI=1S/C27H32N4O7/c1-27(2,3)38-23(32)16-20-26(35)30(21(25(34)29-20)14-11-17-7-5-4-6-8-17)22(24(28)33)15-18-9-12-19(13-10-18)31(36)37/h4-10,12-13,20-22H,11,14-16H2,1-3H3,(H2,28,33)(H,29,34)/t20-,21-,22-/m0/s1. The van der Waals surface area contributed by atoms with Gasteiger partial charge in [0.25, 0.3) is 5.69 Å². The summed E-state index contributed by atoms with van der Waals surface area (Å²) in [6.07, 6.45) is 0.188. The third-order valence-corrected chi connectivity index (χ3v) is 6.09. The predicted octanol–water partition coefficient (Wildman–Crippen LogP) is 2.05. The van der Waals surface area contributed by atoms with Crippen molar-refractivity contribution >= 4 is 29.4 Å². The first-order valence-corrected chi connectivity index (χ1v) is 12.3. The van der Waals surface area contributed by atoms with Gasteiger partial charge < -0.3 is 20.7 Å². The predicted molar refractivity (Wildman–Crippen MR) is 138 cm³/mol. The molecule has 0 aliphatic carbocycles. The van der Waals surface area contributed by atoms with E-state index in [1.165, 1.54) is 29.2 Å². The van der Waals surface area contributed by atoms with Gasteiger partial charge in [-0.25, -0.2) is 0 Å². The van der Waals surface area contributed by atoms with Crippen molar-refractivity contribution in [3.8, 4) is 0 Å². The van der Waals surface area contributed by atoms with Crippen LogP contribution in [0.15, 0.2) is 54.6 Å². The summed E-state index contributed by atoms with van der Waals surface area (Å²) in [5, 5.41) is 13.6. The fraction of sp³-hybridized carbons (Fsp3) is 0.407. The highest BCUT2D eigenvalue weighted by Gasteiger charge is 2.46. The van der Waals surface area contributed by atoms with Crippen molar-refractivity contribution in [3.63, 3.8) is 0 Å². The number of nitro groups is 1. The number of amides is 3. The molecule has 2 aromatic rings. The van der Waals surface area contributed by atoms with E-state index in [1.54, 1.807) is 20.8 Å². The van der Waals surface area contributed by atoms with E-state index >= 15 is 0 Å². The number of rotatable bonds is 10. The number of carbonyl (C=O) groups is 4. The Morgan fingerprint density at radius 3 is 2.26 bits per heavy atom. The highest BCUT2D eigenvalue weighted by atomic mass is 16.6. The molecule has 0 saturated carbocycles. The van der Waals surface area contributed by atoms with E-state index < -0.39 is 58.8 Å². The monoisotopic (exact) mass is 524 g/mol. The van der Waals surface area contributed by atoms with Gasteiger partial charge in [-0.1, -0.05) is 42.5 Å². The number of esters is 1. The van der Waals surface area contributed by atoms with E-state index in [0.717, 1.165) is 5.56 Å². The van der Waals surface area contributed by atoms with Crippen molar-refractivity contribution in [1.82, 2.24) is 10.2 Å². The number of piperazine rings is 1. The average Bonchev–Trinajstić information content (AvgIpc) is 2.83. The van der Waals surface area contributed by atoms with Gasteiger partial charge in [0.2, 0.25) is 17.7 Å². The second-order valence-electron chi connectivity index (χ2n) is 10.2. The topological polar surface area (TPSA) is 162 Å². The molecule has 1 aliphatic rings. The molecule has 1 aliphatic heterocycles. The summed E-state index contributed by atoms with van der Waals surface area (Å²) >= 11 is 0. The lowest BCUT2D eigenvalue weighted by molar-refractivity contribution is -0.384. The molecule has 1 heterocycles. The molecule has 202 valence electrons. The first-order valence-electron chi connectivity index (χ1n) is 12.3. The minimum absolute atomic E-state index is 0.0622. The Hall–Kier alpha value is -4.28. The van der Waals surface area contributed by atoms with Crippen LogP contribution in [0.3, 0.4) is 0 Å². The Bertz CT molecular complexity index is 1190. The number of ether oxygens (including phenoxy) is 1. The van der Waals surface area contributed by atoms with Gasteiger partial charge in [-0.2, -0.15) is 0 Å². The molecule has 38 heavy (non-hydrogen) atoms. The van der Waals surface area contributed by atoms with Crippen molar-refractivity contribution in [1.29, 1.82) is 0 Å². The summed E-state index contributed by atoms with van der Waals surface area (Å²) in [7, 11) is 0. The molecule has 3 N–H and O–H groups in total. The molecule has 0 bridgehead atoms. The maximum absolute atomic E-state index is 13.7. The van der Waals surface area contributed by atoms with Crippen LogP contribution in [0.2, 0.25) is 0 Å². The molecule has 1 fully saturated rings. The van der Waals surface area contributed by atoms with Crippen LogP contribution in [0.4, 0.5) is 5.69 Å². The minimum Gasteiger partial charge on any atom is -0.460 e. The number of nitrogens with two attached hydrogens (primary N) is 1. The molecule has 2 aromatic carbocycles. The molecule has 3 amide bonds. The van der Waals surface area contributed by atoms with Gasteiger partial charge in [0.05, 0.1) is 11.3 Å². The van der Waals surface area contributed by atoms with Crippen molar-refractivity contribution in [3.05, 3.63) is 75.8 Å². The van der Waals surface area contributed by atoms with Crippen molar-refractivity contribution in [2.24, 2.45) is 5.73 Å². The number of hydrogen-bond donors (Lipinski definition) is 2. The molecule has 11 heteroatoms. The molecule has 0 aromatic heterocycles. The van der Waals surface area contributed by atoms with Crippen LogP contribution in [-0.4, -0.2) is 57.2 Å². The number of nitrogens with zero attached hydrogens (tertiary/aromatic N) is 2. The van der Waals surface area contributed by atoms with Crippen LogP contribution in [0.25, 0.3) is 0 Å². The fourth-order valence-electron chi connectivity index (χ4n) is 4.38. The lowest BCUT2D eigenvalue weighted by Gasteiger charge is -2.42. The maximum Gasteiger partial charge on any atom is 0.308 e. The van der Waals surface area contributed by atoms with Gasteiger partial charge in [-0.3, -0.25) is 29.3 Å². The van der Waals surface area contributed by atoms with Crippen LogP contribution < -0.4 is 11.1 Å². The highest BCUT2D eigenvalue weighted by molar-refractivity contribution is 6.01. The zero-order valence-corrected chi connectivity index (χ0v) is 21.6. The zero-order chi connectivity index (χ0) is 28.0. The van der Waals surface area contributed by atoms with Gasteiger partial charge in [0.15, 0.2) is 0 Å². The van der Waals surface area contributed by atoms with Crippen LogP contribution in [0.5, 0.6) is 0 Å². The summed E-state index contributed by atoms with van der Waals surface area (Å²) in [5.74, 6) is -2.65. The van der Waals surface area contributed by atoms with Crippen LogP contribution >= 0.6 is 0 Å². The Morgan fingerprint density at radius 1 is 1.08 bits per heavy atom. The summed E-state index contributed by atoms with van der Waals surface area (Å²) in [4.78, 5) is 63.7. The van der Waals surface area contributed by atoms with Gasteiger partial charge in [0, 0.05) is 18.6 Å². The number of benzene rings is 2. The van der Waals surface area contributed by atoms with Gasteiger partial charge in [-0.05, 0) is 44.7 Å². The van der Waals surface area contributed by atoms with Crippen molar-refractivity contribution < 1.29 is 28.8 Å². The number of primary amides is 1. The summed E-state index contributed by atoms with van der Waals surface area (Å²) < 4.78 is 5.32. The van der Waals surface area contributed by atoms with E-state index in [1.807, 2.05) is 30.3 Å². The second-order valence-corrected chi connectivity index (χ2v) is 10.2. The molecule has 3 rings (SSSR count). The minimum atomic E-state index is -1.23. The van der Waals surface area contributed by atoms with E-state index in [-0.39, 0.29) is 18.5 Å². The average molecular weight is 525 g/mol. The molecule has 0 spiro atoms. The van der Waals surface area contributed by atoms with Crippen LogP contribution in [0.1, 0.15) is 44.7 Å². The van der Waals surface area contributed by atoms with E-state index in [2.05, 4.69) is 5.32 Å². The molecular weight excluding hydrogens is 492 g/mol. The highest BCUT2D eigenvalue weighted by Crippen LogP contribution is 2.24. The normalized spacial score (nSPS) is 18.4. The van der Waals surface area contributed by atoms with Gasteiger partial charge >= 0.3 is 5.97 Å². The van der Waals surface area contributed by atoms with Gasteiger partial charge in [0.1, 0.15) is 23.7 Å². The zero-order valence-electron chi connectivity index (χ0n) is 21.6. The molecular formula is C27H32N4O7. The first-order chi connectivity index (χ1) is 17.9. The third-order valence-electron chi connectivity index (χ3n) is 6.09. The lowest BCUT2D eigenvalue weighted by atomic mass is 9.94. The Kier molecular flexibility index (Phi) is 8.82. The van der Waals surface area contributed by atoms with Gasteiger partial charge in [-0.15, -0.1) is 0 Å². The number of nitro benzene ring substituents is 1. The molecule has 0 unspecified atom stereocenters. The Balaban J connectivity index is 1.91. The molecule has 0 radical (unpaired) electrons. The van der Waals surface area contributed by atoms with E-state index in [4.69, 9.17) is 10.5 Å². The number of aryl methyl sites for hydroxylation is 1. The van der Waals surface area contributed by atoms with Crippen LogP contribution in [0, 0.1) is 10.1 Å².